The first-order chi connectivity index (χ1) is 9.45. The van der Waals surface area contributed by atoms with E-state index in [-0.39, 0.29) is 0 Å². The molecule has 0 aromatic carbocycles. The lowest BCUT2D eigenvalue weighted by Gasteiger charge is -2.07. The lowest BCUT2D eigenvalue weighted by atomic mass is 10.4. The maximum absolute atomic E-state index is 5.57. The third kappa shape index (κ3) is 9.35. The topological polar surface area (TPSA) is 39.3 Å². The minimum atomic E-state index is 0.833. The van der Waals surface area contributed by atoms with Crippen molar-refractivity contribution in [2.24, 2.45) is 0 Å². The molecule has 0 radical (unpaired) electrons. The molecular formula is C14H30N4O. The summed E-state index contributed by atoms with van der Waals surface area (Å²) in [7, 11) is 0. The van der Waals surface area contributed by atoms with Gasteiger partial charge in [0.25, 0.3) is 0 Å². The van der Waals surface area contributed by atoms with Gasteiger partial charge in [-0.15, -0.1) is 0 Å². The Morgan fingerprint density at radius 1 is 0.684 bits per heavy atom. The van der Waals surface area contributed by atoms with Crippen LogP contribution in [0.3, 0.4) is 0 Å². The second kappa shape index (κ2) is 9.66. The van der Waals surface area contributed by atoms with Crippen LogP contribution in [0.5, 0.6) is 0 Å². The molecule has 2 rings (SSSR count). The Morgan fingerprint density at radius 2 is 1.16 bits per heavy atom. The van der Waals surface area contributed by atoms with Crippen molar-refractivity contribution in [3.8, 4) is 0 Å². The van der Waals surface area contributed by atoms with Crippen molar-refractivity contribution in [1.29, 1.82) is 0 Å². The van der Waals surface area contributed by atoms with Gasteiger partial charge in [-0.2, -0.15) is 0 Å². The molecule has 112 valence electrons. The molecule has 0 bridgehead atoms. The molecule has 0 aromatic heterocycles. The second-order valence-corrected chi connectivity index (χ2v) is 5.50. The monoisotopic (exact) mass is 270 g/mol. The van der Waals surface area contributed by atoms with E-state index in [9.17, 15) is 0 Å². The van der Waals surface area contributed by atoms with E-state index in [4.69, 9.17) is 4.74 Å². The van der Waals surface area contributed by atoms with Crippen LogP contribution < -0.4 is 10.6 Å². The molecule has 0 amide bonds. The second-order valence-electron chi connectivity index (χ2n) is 5.50. The van der Waals surface area contributed by atoms with Crippen molar-refractivity contribution >= 4 is 0 Å². The fourth-order valence-corrected chi connectivity index (χ4v) is 2.08. The maximum Gasteiger partial charge on any atom is 0.0591 e. The van der Waals surface area contributed by atoms with Crippen LogP contribution in [0.25, 0.3) is 0 Å². The smallest absolute Gasteiger partial charge is 0.0591 e. The Balaban J connectivity index is 1.18. The number of nitrogens with one attached hydrogen (secondary N) is 2. The van der Waals surface area contributed by atoms with Gasteiger partial charge in [-0.25, -0.2) is 0 Å². The van der Waals surface area contributed by atoms with Gasteiger partial charge in [0, 0.05) is 39.3 Å². The normalized spacial score (nSPS) is 18.9. The zero-order valence-electron chi connectivity index (χ0n) is 12.2. The first-order valence-electron chi connectivity index (χ1n) is 7.89. The van der Waals surface area contributed by atoms with Gasteiger partial charge in [0.2, 0.25) is 0 Å². The summed E-state index contributed by atoms with van der Waals surface area (Å²) in [5.41, 5.74) is 0. The predicted molar refractivity (Wildman–Crippen MR) is 78.7 cm³/mol. The van der Waals surface area contributed by atoms with Crippen LogP contribution in [-0.2, 0) is 4.74 Å². The molecule has 2 heterocycles. The molecule has 2 aliphatic heterocycles. The molecule has 0 aliphatic carbocycles. The summed E-state index contributed by atoms with van der Waals surface area (Å²) in [6.45, 7) is 13.6. The van der Waals surface area contributed by atoms with Crippen molar-refractivity contribution in [3.05, 3.63) is 0 Å². The lowest BCUT2D eigenvalue weighted by molar-refractivity contribution is 0.137. The molecule has 0 spiro atoms. The summed E-state index contributed by atoms with van der Waals surface area (Å²) in [5.74, 6) is 0. The van der Waals surface area contributed by atoms with Crippen molar-refractivity contribution in [1.82, 2.24) is 20.4 Å². The Labute approximate surface area is 117 Å². The van der Waals surface area contributed by atoms with E-state index in [1.165, 1.54) is 52.1 Å². The Hall–Kier alpha value is -0.200. The lowest BCUT2D eigenvalue weighted by Crippen LogP contribution is -2.26. The first kappa shape index (κ1) is 15.2. The Morgan fingerprint density at radius 3 is 1.58 bits per heavy atom. The van der Waals surface area contributed by atoms with E-state index >= 15 is 0 Å². The summed E-state index contributed by atoms with van der Waals surface area (Å²) in [6, 6.07) is 0. The van der Waals surface area contributed by atoms with Crippen molar-refractivity contribution < 1.29 is 4.74 Å². The van der Waals surface area contributed by atoms with E-state index in [2.05, 4.69) is 20.4 Å². The van der Waals surface area contributed by atoms with Crippen molar-refractivity contribution in [2.75, 3.05) is 78.7 Å². The van der Waals surface area contributed by atoms with Crippen LogP contribution in [0.2, 0.25) is 0 Å². The molecule has 2 N–H and O–H groups in total. The van der Waals surface area contributed by atoms with Gasteiger partial charge < -0.3 is 25.2 Å². The van der Waals surface area contributed by atoms with Crippen LogP contribution in [0, 0.1) is 0 Å². The summed E-state index contributed by atoms with van der Waals surface area (Å²) in [6.07, 6.45) is 2.52. The highest BCUT2D eigenvalue weighted by molar-refractivity contribution is 4.72. The summed E-state index contributed by atoms with van der Waals surface area (Å²) < 4.78 is 5.57. The molecule has 2 saturated heterocycles. The Kier molecular flexibility index (Phi) is 7.73. The highest BCUT2D eigenvalue weighted by atomic mass is 16.5. The molecule has 0 atom stereocenters. The maximum atomic E-state index is 5.57. The quantitative estimate of drug-likeness (QED) is 0.332. The van der Waals surface area contributed by atoms with Crippen LogP contribution in [0.1, 0.15) is 12.8 Å². The van der Waals surface area contributed by atoms with Gasteiger partial charge in [-0.1, -0.05) is 0 Å². The minimum absolute atomic E-state index is 0.833. The number of hydrogen-bond acceptors (Lipinski definition) is 5. The molecule has 2 fully saturated rings. The predicted octanol–water partition coefficient (Wildman–Crippen LogP) is -0.406. The number of rotatable bonds is 14. The van der Waals surface area contributed by atoms with Crippen LogP contribution in [0.4, 0.5) is 0 Å². The van der Waals surface area contributed by atoms with Gasteiger partial charge >= 0.3 is 0 Å². The molecule has 0 saturated carbocycles. The number of hydrogen-bond donors (Lipinski definition) is 2. The van der Waals surface area contributed by atoms with Crippen LogP contribution in [0.15, 0.2) is 0 Å². The van der Waals surface area contributed by atoms with E-state index in [0.717, 1.165) is 39.4 Å². The van der Waals surface area contributed by atoms with Gasteiger partial charge in [-0.3, -0.25) is 0 Å². The molecule has 5 nitrogen and oxygen atoms in total. The SMILES string of the molecule is C(CNCCOCCNCCCN1CC1)CN1CC1. The number of nitrogens with zero attached hydrogens (tertiary/aromatic N) is 2. The molecular weight excluding hydrogens is 240 g/mol. The van der Waals surface area contributed by atoms with E-state index in [1.54, 1.807) is 0 Å². The standard InChI is InChI=1S/C14H30N4O/c1(7-17-9-10-17)3-15-5-13-19-14-6-16-4-2-8-18-11-12-18/h15-16H,1-14H2. The van der Waals surface area contributed by atoms with E-state index in [1.807, 2.05) is 0 Å². The number of ether oxygens (including phenoxy) is 1. The third-order valence-electron chi connectivity index (χ3n) is 3.58. The fraction of sp³-hybridized carbons (Fsp3) is 1.00. The highest BCUT2D eigenvalue weighted by Gasteiger charge is 2.15. The fourth-order valence-electron chi connectivity index (χ4n) is 2.08. The summed E-state index contributed by atoms with van der Waals surface area (Å²) in [4.78, 5) is 4.92. The molecule has 19 heavy (non-hydrogen) atoms. The van der Waals surface area contributed by atoms with E-state index in [0.29, 0.717) is 0 Å². The summed E-state index contributed by atoms with van der Waals surface area (Å²) >= 11 is 0. The molecule has 0 aromatic rings. The Bertz CT molecular complexity index is 197. The van der Waals surface area contributed by atoms with E-state index < -0.39 is 0 Å². The zero-order chi connectivity index (χ0) is 13.2. The van der Waals surface area contributed by atoms with Gasteiger partial charge in [0.1, 0.15) is 0 Å². The van der Waals surface area contributed by atoms with Crippen LogP contribution in [-0.4, -0.2) is 88.5 Å². The van der Waals surface area contributed by atoms with Gasteiger partial charge in [0.15, 0.2) is 0 Å². The molecule has 2 aliphatic rings. The molecule has 5 heteroatoms. The third-order valence-corrected chi connectivity index (χ3v) is 3.58. The van der Waals surface area contributed by atoms with Crippen LogP contribution >= 0.6 is 0 Å². The molecule has 0 unspecified atom stereocenters. The van der Waals surface area contributed by atoms with Gasteiger partial charge in [0.05, 0.1) is 13.2 Å². The zero-order valence-corrected chi connectivity index (χ0v) is 12.2. The highest BCUT2D eigenvalue weighted by Crippen LogP contribution is 2.02. The first-order valence-corrected chi connectivity index (χ1v) is 7.89. The van der Waals surface area contributed by atoms with Gasteiger partial charge in [-0.05, 0) is 39.0 Å². The largest absolute Gasteiger partial charge is 0.379 e. The average Bonchev–Trinajstić information content (AvgIpc) is 3.28. The van der Waals surface area contributed by atoms with Crippen molar-refractivity contribution in [3.63, 3.8) is 0 Å². The van der Waals surface area contributed by atoms with Crippen molar-refractivity contribution in [2.45, 2.75) is 12.8 Å². The summed E-state index contributed by atoms with van der Waals surface area (Å²) in [5, 5.41) is 6.84. The minimum Gasteiger partial charge on any atom is -0.379 e. The average molecular weight is 270 g/mol.